The van der Waals surface area contributed by atoms with Crippen LogP contribution in [0.1, 0.15) is 11.3 Å². The first-order chi connectivity index (χ1) is 8.84. The summed E-state index contributed by atoms with van der Waals surface area (Å²) in [6.45, 7) is 2.87. The van der Waals surface area contributed by atoms with Crippen LogP contribution in [0, 0.1) is 6.92 Å². The van der Waals surface area contributed by atoms with Crippen molar-refractivity contribution in [2.45, 2.75) is 13.5 Å². The Morgan fingerprint density at radius 1 is 1.17 bits per heavy atom. The monoisotopic (exact) mass is 255 g/mol. The number of pyridine rings is 1. The van der Waals surface area contributed by atoms with Gasteiger partial charge in [0, 0.05) is 18.6 Å². The molecule has 0 aromatic carbocycles. The molecule has 0 aliphatic heterocycles. The van der Waals surface area contributed by atoms with E-state index in [0.29, 0.717) is 0 Å². The molecule has 0 saturated carbocycles. The third-order valence-corrected chi connectivity index (χ3v) is 3.85. The van der Waals surface area contributed by atoms with Crippen LogP contribution in [-0.2, 0) is 6.54 Å². The van der Waals surface area contributed by atoms with E-state index in [4.69, 9.17) is 0 Å². The van der Waals surface area contributed by atoms with E-state index in [1.807, 2.05) is 36.8 Å². The molecule has 0 unspecified atom stereocenters. The van der Waals surface area contributed by atoms with Gasteiger partial charge in [-0.2, -0.15) is 0 Å². The van der Waals surface area contributed by atoms with Gasteiger partial charge in [0.15, 0.2) is 5.82 Å². The van der Waals surface area contributed by atoms with E-state index in [1.54, 1.807) is 11.3 Å². The smallest absolute Gasteiger partial charge is 0.150 e. The van der Waals surface area contributed by atoms with Gasteiger partial charge in [0.25, 0.3) is 0 Å². The minimum Gasteiger partial charge on any atom is -0.324 e. The summed E-state index contributed by atoms with van der Waals surface area (Å²) in [6.07, 6.45) is 5.67. The third-order valence-electron chi connectivity index (χ3n) is 2.84. The predicted molar refractivity (Wildman–Crippen MR) is 73.6 cm³/mol. The van der Waals surface area contributed by atoms with Gasteiger partial charge >= 0.3 is 0 Å². The average Bonchev–Trinajstić information content (AvgIpc) is 2.99. The molecule has 90 valence electrons. The molecule has 3 aromatic heterocycles. The largest absolute Gasteiger partial charge is 0.324 e. The van der Waals surface area contributed by atoms with E-state index in [-0.39, 0.29) is 0 Å². The normalized spacial score (nSPS) is 10.7. The summed E-state index contributed by atoms with van der Waals surface area (Å²) < 4.78 is 2.14. The highest BCUT2D eigenvalue weighted by Crippen LogP contribution is 2.27. The number of hydrogen-bond donors (Lipinski definition) is 0. The molecule has 0 saturated heterocycles. The molecule has 4 heteroatoms. The highest BCUT2D eigenvalue weighted by molar-refractivity contribution is 7.13. The SMILES string of the molecule is Cc1ccsc1-c1nccn1Cc1ccccn1. The van der Waals surface area contributed by atoms with Crippen molar-refractivity contribution in [2.24, 2.45) is 0 Å². The topological polar surface area (TPSA) is 30.7 Å². The standard InChI is InChI=1S/C14H13N3S/c1-11-5-9-18-13(11)14-16-7-8-17(14)10-12-4-2-3-6-15-12/h2-9H,10H2,1H3. The Hall–Kier alpha value is -1.94. The predicted octanol–water partition coefficient (Wildman–Crippen LogP) is 3.36. The first-order valence-electron chi connectivity index (χ1n) is 5.80. The van der Waals surface area contributed by atoms with Crippen LogP contribution in [0.3, 0.4) is 0 Å². The lowest BCUT2D eigenvalue weighted by atomic mass is 10.3. The maximum Gasteiger partial charge on any atom is 0.150 e. The van der Waals surface area contributed by atoms with Crippen molar-refractivity contribution in [1.82, 2.24) is 14.5 Å². The maximum absolute atomic E-state index is 4.46. The van der Waals surface area contributed by atoms with Crippen molar-refractivity contribution < 1.29 is 0 Å². The second-order valence-electron chi connectivity index (χ2n) is 4.13. The molecule has 0 aliphatic rings. The fourth-order valence-corrected chi connectivity index (χ4v) is 2.85. The molecule has 3 rings (SSSR count). The van der Waals surface area contributed by atoms with Crippen molar-refractivity contribution in [3.8, 4) is 10.7 Å². The molecule has 0 aliphatic carbocycles. The quantitative estimate of drug-likeness (QED) is 0.718. The Morgan fingerprint density at radius 2 is 2.11 bits per heavy atom. The van der Waals surface area contributed by atoms with Crippen LogP contribution in [0.2, 0.25) is 0 Å². The molecule has 0 N–H and O–H groups in total. The first-order valence-corrected chi connectivity index (χ1v) is 6.68. The molecule has 0 spiro atoms. The van der Waals surface area contributed by atoms with Crippen molar-refractivity contribution in [3.05, 3.63) is 59.5 Å². The fourth-order valence-electron chi connectivity index (χ4n) is 1.91. The van der Waals surface area contributed by atoms with Crippen LogP contribution in [0.4, 0.5) is 0 Å². The Kier molecular flexibility index (Phi) is 2.94. The van der Waals surface area contributed by atoms with Gasteiger partial charge in [0.05, 0.1) is 17.1 Å². The van der Waals surface area contributed by atoms with Crippen molar-refractivity contribution in [2.75, 3.05) is 0 Å². The van der Waals surface area contributed by atoms with Gasteiger partial charge < -0.3 is 4.57 Å². The number of imidazole rings is 1. The fraction of sp³-hybridized carbons (Fsp3) is 0.143. The summed E-state index contributed by atoms with van der Waals surface area (Å²) in [4.78, 5) is 10.0. The van der Waals surface area contributed by atoms with Crippen LogP contribution in [0.25, 0.3) is 10.7 Å². The summed E-state index contributed by atoms with van der Waals surface area (Å²) >= 11 is 1.73. The summed E-state index contributed by atoms with van der Waals surface area (Å²) in [5.74, 6) is 1.02. The van der Waals surface area contributed by atoms with Crippen molar-refractivity contribution in [1.29, 1.82) is 0 Å². The van der Waals surface area contributed by atoms with Crippen LogP contribution < -0.4 is 0 Å². The second-order valence-corrected chi connectivity index (χ2v) is 5.05. The van der Waals surface area contributed by atoms with Gasteiger partial charge in [-0.1, -0.05) is 6.07 Å². The van der Waals surface area contributed by atoms with E-state index in [0.717, 1.165) is 18.1 Å². The molecule has 3 aromatic rings. The number of rotatable bonds is 3. The molecule has 3 heterocycles. The lowest BCUT2D eigenvalue weighted by molar-refractivity contribution is 0.783. The Morgan fingerprint density at radius 3 is 2.83 bits per heavy atom. The molecular weight excluding hydrogens is 242 g/mol. The number of hydrogen-bond acceptors (Lipinski definition) is 3. The number of aromatic nitrogens is 3. The van der Waals surface area contributed by atoms with Crippen LogP contribution in [0.15, 0.2) is 48.2 Å². The van der Waals surface area contributed by atoms with Crippen LogP contribution in [-0.4, -0.2) is 14.5 Å². The lowest BCUT2D eigenvalue weighted by Gasteiger charge is -2.06. The van der Waals surface area contributed by atoms with Gasteiger partial charge in [0.1, 0.15) is 0 Å². The van der Waals surface area contributed by atoms with E-state index < -0.39 is 0 Å². The van der Waals surface area contributed by atoms with E-state index in [9.17, 15) is 0 Å². The van der Waals surface area contributed by atoms with Crippen LogP contribution in [0.5, 0.6) is 0 Å². The van der Waals surface area contributed by atoms with Gasteiger partial charge in [-0.3, -0.25) is 4.98 Å². The molecule has 0 radical (unpaired) electrons. The van der Waals surface area contributed by atoms with E-state index in [1.165, 1.54) is 10.4 Å². The summed E-state index contributed by atoms with van der Waals surface area (Å²) in [5.41, 5.74) is 2.32. The van der Waals surface area contributed by atoms with Crippen LogP contribution >= 0.6 is 11.3 Å². The van der Waals surface area contributed by atoms with Crippen molar-refractivity contribution in [3.63, 3.8) is 0 Å². The zero-order chi connectivity index (χ0) is 12.4. The summed E-state index contributed by atoms with van der Waals surface area (Å²) in [6, 6.07) is 8.10. The average molecular weight is 255 g/mol. The molecular formula is C14H13N3S. The van der Waals surface area contributed by atoms with Crippen molar-refractivity contribution >= 4 is 11.3 Å². The lowest BCUT2D eigenvalue weighted by Crippen LogP contribution is -2.02. The second kappa shape index (κ2) is 4.74. The Bertz CT molecular complexity index is 640. The van der Waals surface area contributed by atoms with E-state index in [2.05, 4.69) is 32.9 Å². The Balaban J connectivity index is 1.96. The van der Waals surface area contributed by atoms with E-state index >= 15 is 0 Å². The Labute approximate surface area is 110 Å². The minimum atomic E-state index is 0.757. The summed E-state index contributed by atoms with van der Waals surface area (Å²) in [7, 11) is 0. The molecule has 3 nitrogen and oxygen atoms in total. The van der Waals surface area contributed by atoms with Gasteiger partial charge in [-0.05, 0) is 36.1 Å². The highest BCUT2D eigenvalue weighted by Gasteiger charge is 2.10. The minimum absolute atomic E-state index is 0.757. The molecule has 0 bridgehead atoms. The third kappa shape index (κ3) is 2.07. The number of aryl methyl sites for hydroxylation is 1. The first kappa shape index (κ1) is 11.2. The number of nitrogens with zero attached hydrogens (tertiary/aromatic N) is 3. The van der Waals surface area contributed by atoms with Gasteiger partial charge in [-0.15, -0.1) is 11.3 Å². The molecule has 18 heavy (non-hydrogen) atoms. The summed E-state index contributed by atoms with van der Waals surface area (Å²) in [5, 5.41) is 2.10. The molecule has 0 amide bonds. The zero-order valence-corrected chi connectivity index (χ0v) is 10.9. The molecule has 0 fully saturated rings. The molecule has 0 atom stereocenters. The van der Waals surface area contributed by atoms with Gasteiger partial charge in [-0.25, -0.2) is 4.98 Å². The zero-order valence-electron chi connectivity index (χ0n) is 10.1. The number of thiophene rings is 1. The van der Waals surface area contributed by atoms with Gasteiger partial charge in [0.2, 0.25) is 0 Å². The maximum atomic E-state index is 4.46. The highest BCUT2D eigenvalue weighted by atomic mass is 32.1.